The zero-order valence-electron chi connectivity index (χ0n) is 8.83. The predicted molar refractivity (Wildman–Crippen MR) is 58.2 cm³/mol. The molecular weight excluding hydrogens is 192 g/mol. The summed E-state index contributed by atoms with van der Waals surface area (Å²) in [6.45, 7) is 1.29. The van der Waals surface area contributed by atoms with Crippen LogP contribution >= 0.6 is 0 Å². The van der Waals surface area contributed by atoms with Gasteiger partial charge in [0.1, 0.15) is 5.82 Å². The van der Waals surface area contributed by atoms with Crippen molar-refractivity contribution < 1.29 is 4.79 Å². The average Bonchev–Trinajstić information content (AvgIpc) is 2.71. The molecule has 0 spiro atoms. The number of aromatic nitrogens is 2. The highest BCUT2D eigenvalue weighted by atomic mass is 16.1. The second-order valence-electron chi connectivity index (χ2n) is 3.38. The monoisotopic (exact) mass is 210 g/mol. The first kappa shape index (κ1) is 11.7. The minimum atomic E-state index is 0.0926. The Morgan fingerprint density at radius 3 is 3.07 bits per heavy atom. The number of nitrogens with two attached hydrogens (primary N) is 1. The molecule has 1 aromatic heterocycles. The van der Waals surface area contributed by atoms with E-state index in [0.29, 0.717) is 19.5 Å². The Labute approximate surface area is 89.5 Å². The standard InChI is InChI=1S/C10H18N4O/c11-5-2-1-3-10(15)14-6-4-9-12-7-8-13-9/h7-8H,1-6,11H2,(H,12,13)(H,14,15). The van der Waals surface area contributed by atoms with E-state index in [9.17, 15) is 4.79 Å². The molecule has 0 saturated carbocycles. The molecule has 0 saturated heterocycles. The van der Waals surface area contributed by atoms with Gasteiger partial charge in [-0.1, -0.05) is 0 Å². The third kappa shape index (κ3) is 5.17. The highest BCUT2D eigenvalue weighted by Crippen LogP contribution is 1.93. The fourth-order valence-corrected chi connectivity index (χ4v) is 1.27. The van der Waals surface area contributed by atoms with E-state index in [1.54, 1.807) is 12.4 Å². The van der Waals surface area contributed by atoms with Gasteiger partial charge in [-0.3, -0.25) is 4.79 Å². The summed E-state index contributed by atoms with van der Waals surface area (Å²) < 4.78 is 0. The molecule has 5 heteroatoms. The third-order valence-electron chi connectivity index (χ3n) is 2.10. The number of hydrogen-bond acceptors (Lipinski definition) is 3. The molecule has 0 unspecified atom stereocenters. The van der Waals surface area contributed by atoms with Gasteiger partial charge in [0.15, 0.2) is 0 Å². The largest absolute Gasteiger partial charge is 0.356 e. The molecule has 1 aromatic rings. The molecule has 1 heterocycles. The van der Waals surface area contributed by atoms with E-state index in [4.69, 9.17) is 5.73 Å². The zero-order chi connectivity index (χ0) is 10.9. The lowest BCUT2D eigenvalue weighted by Crippen LogP contribution is -2.25. The summed E-state index contributed by atoms with van der Waals surface area (Å²) in [5, 5.41) is 2.84. The van der Waals surface area contributed by atoms with Gasteiger partial charge in [-0.15, -0.1) is 0 Å². The molecule has 1 rings (SSSR count). The molecular formula is C10H18N4O. The molecule has 0 fully saturated rings. The van der Waals surface area contributed by atoms with Crippen molar-refractivity contribution in [3.63, 3.8) is 0 Å². The summed E-state index contributed by atoms with van der Waals surface area (Å²) >= 11 is 0. The van der Waals surface area contributed by atoms with Crippen molar-refractivity contribution in [2.75, 3.05) is 13.1 Å². The van der Waals surface area contributed by atoms with Gasteiger partial charge in [0, 0.05) is 31.8 Å². The number of nitrogens with one attached hydrogen (secondary N) is 2. The SMILES string of the molecule is NCCCCC(=O)NCCc1ncc[nH]1. The predicted octanol–water partition coefficient (Wildman–Crippen LogP) is 0.197. The van der Waals surface area contributed by atoms with E-state index in [2.05, 4.69) is 15.3 Å². The summed E-state index contributed by atoms with van der Waals surface area (Å²) in [7, 11) is 0. The van der Waals surface area contributed by atoms with Gasteiger partial charge >= 0.3 is 0 Å². The fraction of sp³-hybridized carbons (Fsp3) is 0.600. The molecule has 5 nitrogen and oxygen atoms in total. The average molecular weight is 210 g/mol. The van der Waals surface area contributed by atoms with Crippen molar-refractivity contribution in [3.8, 4) is 0 Å². The van der Waals surface area contributed by atoms with E-state index >= 15 is 0 Å². The van der Waals surface area contributed by atoms with Gasteiger partial charge < -0.3 is 16.0 Å². The van der Waals surface area contributed by atoms with Crippen LogP contribution in [0.25, 0.3) is 0 Å². The van der Waals surface area contributed by atoms with Gasteiger partial charge in [-0.25, -0.2) is 4.98 Å². The number of nitrogens with zero attached hydrogens (tertiary/aromatic N) is 1. The number of carbonyl (C=O) groups excluding carboxylic acids is 1. The first-order valence-corrected chi connectivity index (χ1v) is 5.28. The van der Waals surface area contributed by atoms with E-state index in [-0.39, 0.29) is 5.91 Å². The van der Waals surface area contributed by atoms with Gasteiger partial charge in [0.05, 0.1) is 0 Å². The molecule has 1 amide bonds. The molecule has 0 aromatic carbocycles. The van der Waals surface area contributed by atoms with Crippen LogP contribution in [0.3, 0.4) is 0 Å². The van der Waals surface area contributed by atoms with Crippen LogP contribution in [0, 0.1) is 0 Å². The molecule has 0 bridgehead atoms. The van der Waals surface area contributed by atoms with E-state index in [1.165, 1.54) is 0 Å². The highest BCUT2D eigenvalue weighted by molar-refractivity contribution is 5.75. The second kappa shape index (κ2) is 7.00. The van der Waals surface area contributed by atoms with Crippen molar-refractivity contribution in [3.05, 3.63) is 18.2 Å². The quantitative estimate of drug-likeness (QED) is 0.562. The Bertz CT molecular complexity index is 271. The third-order valence-corrected chi connectivity index (χ3v) is 2.10. The number of imidazole rings is 1. The maximum Gasteiger partial charge on any atom is 0.220 e. The number of unbranched alkanes of at least 4 members (excludes halogenated alkanes) is 1. The lowest BCUT2D eigenvalue weighted by Gasteiger charge is -2.03. The Morgan fingerprint density at radius 1 is 1.53 bits per heavy atom. The van der Waals surface area contributed by atoms with E-state index < -0.39 is 0 Å². The van der Waals surface area contributed by atoms with Gasteiger partial charge in [-0.05, 0) is 19.4 Å². The van der Waals surface area contributed by atoms with Crippen LogP contribution in [0.4, 0.5) is 0 Å². The number of H-pyrrole nitrogens is 1. The molecule has 0 aliphatic heterocycles. The topological polar surface area (TPSA) is 83.8 Å². The van der Waals surface area contributed by atoms with Crippen LogP contribution in [0.1, 0.15) is 25.1 Å². The van der Waals surface area contributed by atoms with Crippen molar-refractivity contribution in [2.45, 2.75) is 25.7 Å². The normalized spacial score (nSPS) is 10.2. The minimum Gasteiger partial charge on any atom is -0.356 e. The lowest BCUT2D eigenvalue weighted by atomic mass is 10.2. The molecule has 15 heavy (non-hydrogen) atoms. The second-order valence-corrected chi connectivity index (χ2v) is 3.38. The van der Waals surface area contributed by atoms with Crippen molar-refractivity contribution >= 4 is 5.91 Å². The molecule has 0 atom stereocenters. The first-order chi connectivity index (χ1) is 7.33. The van der Waals surface area contributed by atoms with Crippen LogP contribution in [0.5, 0.6) is 0 Å². The van der Waals surface area contributed by atoms with Crippen LogP contribution in [0.2, 0.25) is 0 Å². The van der Waals surface area contributed by atoms with Crippen LogP contribution in [-0.4, -0.2) is 29.0 Å². The van der Waals surface area contributed by atoms with Crippen molar-refractivity contribution in [1.82, 2.24) is 15.3 Å². The number of aromatic amines is 1. The number of hydrogen-bond donors (Lipinski definition) is 3. The molecule has 0 aliphatic rings. The smallest absolute Gasteiger partial charge is 0.220 e. The maximum atomic E-state index is 11.3. The Hall–Kier alpha value is -1.36. The van der Waals surface area contributed by atoms with E-state index in [1.807, 2.05) is 0 Å². The van der Waals surface area contributed by atoms with Crippen molar-refractivity contribution in [1.29, 1.82) is 0 Å². The van der Waals surface area contributed by atoms with Crippen LogP contribution < -0.4 is 11.1 Å². The number of rotatable bonds is 7. The van der Waals surface area contributed by atoms with Crippen LogP contribution in [0.15, 0.2) is 12.4 Å². The molecule has 0 aliphatic carbocycles. The Morgan fingerprint density at radius 2 is 2.40 bits per heavy atom. The van der Waals surface area contributed by atoms with E-state index in [0.717, 1.165) is 25.1 Å². The van der Waals surface area contributed by atoms with Gasteiger partial charge in [0.2, 0.25) is 5.91 Å². The molecule has 84 valence electrons. The van der Waals surface area contributed by atoms with Crippen LogP contribution in [-0.2, 0) is 11.2 Å². The number of amides is 1. The molecule has 4 N–H and O–H groups in total. The fourth-order valence-electron chi connectivity index (χ4n) is 1.27. The first-order valence-electron chi connectivity index (χ1n) is 5.28. The Kier molecular flexibility index (Phi) is 5.47. The number of carbonyl (C=O) groups is 1. The summed E-state index contributed by atoms with van der Waals surface area (Å²) in [6, 6.07) is 0. The van der Waals surface area contributed by atoms with Gasteiger partial charge in [-0.2, -0.15) is 0 Å². The Balaban J connectivity index is 2.02. The summed E-state index contributed by atoms with van der Waals surface area (Å²) in [6.07, 6.45) is 6.57. The summed E-state index contributed by atoms with van der Waals surface area (Å²) in [5.41, 5.74) is 5.33. The van der Waals surface area contributed by atoms with Crippen molar-refractivity contribution in [2.24, 2.45) is 5.73 Å². The highest BCUT2D eigenvalue weighted by Gasteiger charge is 2.00. The molecule has 0 radical (unpaired) electrons. The maximum absolute atomic E-state index is 11.3. The zero-order valence-corrected chi connectivity index (χ0v) is 8.83. The lowest BCUT2D eigenvalue weighted by molar-refractivity contribution is -0.121. The summed E-state index contributed by atoms with van der Waals surface area (Å²) in [4.78, 5) is 18.3. The minimum absolute atomic E-state index is 0.0926. The van der Waals surface area contributed by atoms with Gasteiger partial charge in [0.25, 0.3) is 0 Å². The summed E-state index contributed by atoms with van der Waals surface area (Å²) in [5.74, 6) is 0.993.